The van der Waals surface area contributed by atoms with Crippen molar-refractivity contribution in [1.29, 1.82) is 0 Å². The van der Waals surface area contributed by atoms with Gasteiger partial charge in [0.2, 0.25) is 0 Å². The maximum absolute atomic E-state index is 10.7. The molecule has 74 valence electrons. The van der Waals surface area contributed by atoms with Crippen LogP contribution in [0.5, 0.6) is 0 Å². The Morgan fingerprint density at radius 1 is 1.50 bits per heavy atom. The third-order valence-corrected chi connectivity index (χ3v) is 2.14. The zero-order chi connectivity index (χ0) is 9.61. The molecule has 1 atom stereocenters. The molecule has 0 heterocycles. The fourth-order valence-electron chi connectivity index (χ4n) is 0.761. The fraction of sp³-hybridized carbons (Fsp3) is 1.00. The Labute approximate surface area is 73.5 Å². The van der Waals surface area contributed by atoms with Crippen LogP contribution in [0.2, 0.25) is 0 Å². The second-order valence-corrected chi connectivity index (χ2v) is 5.01. The topological polar surface area (TPSA) is 63.6 Å². The van der Waals surface area contributed by atoms with Gasteiger partial charge in [-0.25, -0.2) is 8.42 Å². The van der Waals surface area contributed by atoms with E-state index in [1.165, 1.54) is 0 Å². The molecule has 0 saturated heterocycles. The molecule has 0 aromatic heterocycles. The monoisotopic (exact) mass is 196 g/mol. The van der Waals surface area contributed by atoms with Crippen LogP contribution in [0, 0.1) is 0 Å². The van der Waals surface area contributed by atoms with Gasteiger partial charge >= 0.3 is 0 Å². The molecule has 0 radical (unpaired) electrons. The number of aliphatic hydroxyl groups is 1. The summed E-state index contributed by atoms with van der Waals surface area (Å²) >= 11 is 0. The van der Waals surface area contributed by atoms with E-state index in [2.05, 4.69) is 0 Å². The van der Waals surface area contributed by atoms with E-state index in [-0.39, 0.29) is 12.4 Å². The second-order valence-electron chi connectivity index (χ2n) is 2.82. The van der Waals surface area contributed by atoms with Crippen molar-refractivity contribution in [3.63, 3.8) is 0 Å². The van der Waals surface area contributed by atoms with Gasteiger partial charge in [0.05, 0.1) is 18.5 Å². The van der Waals surface area contributed by atoms with Crippen molar-refractivity contribution >= 4 is 9.84 Å². The summed E-state index contributed by atoms with van der Waals surface area (Å²) in [6.45, 7) is 2.60. The van der Waals surface area contributed by atoms with Crippen molar-refractivity contribution in [3.05, 3.63) is 0 Å². The zero-order valence-corrected chi connectivity index (χ0v) is 8.30. The van der Waals surface area contributed by atoms with Gasteiger partial charge in [-0.05, 0) is 6.42 Å². The van der Waals surface area contributed by atoms with E-state index in [1.807, 2.05) is 6.92 Å². The van der Waals surface area contributed by atoms with Crippen molar-refractivity contribution in [1.82, 2.24) is 0 Å². The van der Waals surface area contributed by atoms with Crippen molar-refractivity contribution in [3.8, 4) is 0 Å². The van der Waals surface area contributed by atoms with E-state index in [0.717, 1.165) is 12.7 Å². The van der Waals surface area contributed by atoms with Gasteiger partial charge < -0.3 is 9.84 Å². The summed E-state index contributed by atoms with van der Waals surface area (Å²) < 4.78 is 26.3. The first-order chi connectivity index (χ1) is 5.45. The number of hydrogen-bond donors (Lipinski definition) is 1. The molecule has 0 aliphatic rings. The highest BCUT2D eigenvalue weighted by Gasteiger charge is 2.11. The maximum atomic E-state index is 10.7. The molecule has 0 amide bonds. The van der Waals surface area contributed by atoms with Crippen LogP contribution in [-0.2, 0) is 14.6 Å². The predicted octanol–water partition coefficient (Wildman–Crippen LogP) is -0.181. The van der Waals surface area contributed by atoms with Gasteiger partial charge in [-0.1, -0.05) is 6.92 Å². The van der Waals surface area contributed by atoms with E-state index in [9.17, 15) is 8.42 Å². The Balaban J connectivity index is 3.53. The van der Waals surface area contributed by atoms with E-state index >= 15 is 0 Å². The number of rotatable bonds is 6. The van der Waals surface area contributed by atoms with E-state index < -0.39 is 15.9 Å². The van der Waals surface area contributed by atoms with Gasteiger partial charge in [0.25, 0.3) is 0 Å². The molecule has 1 N–H and O–H groups in total. The Morgan fingerprint density at radius 3 is 2.50 bits per heavy atom. The summed E-state index contributed by atoms with van der Waals surface area (Å²) in [6.07, 6.45) is 1.06. The lowest BCUT2D eigenvalue weighted by atomic mass is 10.4. The molecule has 5 heteroatoms. The smallest absolute Gasteiger partial charge is 0.150 e. The van der Waals surface area contributed by atoms with Crippen LogP contribution in [0.3, 0.4) is 0 Å². The number of aliphatic hydroxyl groups excluding tert-OH is 1. The highest BCUT2D eigenvalue weighted by Crippen LogP contribution is 1.92. The average molecular weight is 196 g/mol. The summed E-state index contributed by atoms with van der Waals surface area (Å²) in [5.74, 6) is -0.225. The normalized spacial score (nSPS) is 14.6. The van der Waals surface area contributed by atoms with Crippen LogP contribution >= 0.6 is 0 Å². The molecule has 0 bridgehead atoms. The van der Waals surface area contributed by atoms with E-state index in [0.29, 0.717) is 6.61 Å². The van der Waals surface area contributed by atoms with Crippen molar-refractivity contribution in [2.75, 3.05) is 25.2 Å². The lowest BCUT2D eigenvalue weighted by Crippen LogP contribution is -2.25. The average Bonchev–Trinajstić information content (AvgIpc) is 1.84. The zero-order valence-electron chi connectivity index (χ0n) is 7.49. The standard InChI is InChI=1S/C7H16O4S/c1-3-4-11-5-7(8)6-12(2,9)10/h7-8H,3-6H2,1-2H3. The number of hydrogen-bond acceptors (Lipinski definition) is 4. The highest BCUT2D eigenvalue weighted by molar-refractivity contribution is 7.90. The lowest BCUT2D eigenvalue weighted by Gasteiger charge is -2.08. The van der Waals surface area contributed by atoms with Crippen molar-refractivity contribution in [2.24, 2.45) is 0 Å². The van der Waals surface area contributed by atoms with Gasteiger partial charge in [-0.15, -0.1) is 0 Å². The quantitative estimate of drug-likeness (QED) is 0.598. The molecule has 0 fully saturated rings. The fourth-order valence-corrected chi connectivity index (χ4v) is 1.56. The number of ether oxygens (including phenoxy) is 1. The summed E-state index contributed by atoms with van der Waals surface area (Å²) in [4.78, 5) is 0. The van der Waals surface area contributed by atoms with E-state index in [4.69, 9.17) is 9.84 Å². The highest BCUT2D eigenvalue weighted by atomic mass is 32.2. The van der Waals surface area contributed by atoms with Gasteiger partial charge in [-0.2, -0.15) is 0 Å². The minimum Gasteiger partial charge on any atom is -0.390 e. The van der Waals surface area contributed by atoms with Gasteiger partial charge in [0, 0.05) is 12.9 Å². The Morgan fingerprint density at radius 2 is 2.08 bits per heavy atom. The molecular formula is C7H16O4S. The van der Waals surface area contributed by atoms with Gasteiger partial charge in [0.1, 0.15) is 9.84 Å². The molecule has 0 rings (SSSR count). The summed E-state index contributed by atoms with van der Waals surface area (Å²) in [5.41, 5.74) is 0. The molecule has 0 aromatic carbocycles. The van der Waals surface area contributed by atoms with Crippen LogP contribution < -0.4 is 0 Å². The lowest BCUT2D eigenvalue weighted by molar-refractivity contribution is 0.0482. The van der Waals surface area contributed by atoms with Crippen LogP contribution in [-0.4, -0.2) is 44.9 Å². The summed E-state index contributed by atoms with van der Waals surface area (Å²) in [7, 11) is -3.09. The molecule has 4 nitrogen and oxygen atoms in total. The Kier molecular flexibility index (Phi) is 5.44. The Bertz CT molecular complexity index is 197. The molecule has 0 saturated carbocycles. The third-order valence-electron chi connectivity index (χ3n) is 1.15. The molecule has 0 aliphatic heterocycles. The largest absolute Gasteiger partial charge is 0.390 e. The maximum Gasteiger partial charge on any atom is 0.150 e. The first kappa shape index (κ1) is 11.9. The molecule has 0 aliphatic carbocycles. The van der Waals surface area contributed by atoms with Gasteiger partial charge in [-0.3, -0.25) is 0 Å². The van der Waals surface area contributed by atoms with Crippen molar-refractivity contribution in [2.45, 2.75) is 19.4 Å². The first-order valence-electron chi connectivity index (χ1n) is 3.89. The van der Waals surface area contributed by atoms with Crippen molar-refractivity contribution < 1.29 is 18.3 Å². The third kappa shape index (κ3) is 7.97. The van der Waals surface area contributed by atoms with Crippen LogP contribution in [0.25, 0.3) is 0 Å². The summed E-state index contributed by atoms with van der Waals surface area (Å²) in [5, 5.41) is 9.11. The molecule has 12 heavy (non-hydrogen) atoms. The van der Waals surface area contributed by atoms with Crippen LogP contribution in [0.1, 0.15) is 13.3 Å². The number of sulfone groups is 1. The predicted molar refractivity (Wildman–Crippen MR) is 46.8 cm³/mol. The van der Waals surface area contributed by atoms with Crippen LogP contribution in [0.4, 0.5) is 0 Å². The van der Waals surface area contributed by atoms with E-state index in [1.54, 1.807) is 0 Å². The van der Waals surface area contributed by atoms with Gasteiger partial charge in [0.15, 0.2) is 0 Å². The first-order valence-corrected chi connectivity index (χ1v) is 5.95. The SMILES string of the molecule is CCCOCC(O)CS(C)(=O)=O. The minimum absolute atomic E-state index is 0.0981. The Hall–Kier alpha value is -0.130. The molecular weight excluding hydrogens is 180 g/mol. The van der Waals surface area contributed by atoms with Crippen LogP contribution in [0.15, 0.2) is 0 Å². The molecule has 0 spiro atoms. The molecule has 1 unspecified atom stereocenters. The summed E-state index contributed by atoms with van der Waals surface area (Å²) in [6, 6.07) is 0. The second kappa shape index (κ2) is 5.50. The molecule has 0 aromatic rings. The minimum atomic E-state index is -3.09.